The molecular weight excluding hydrogens is 194 g/mol. The molecule has 94 valence electrons. The molecule has 0 radical (unpaired) electrons. The van der Waals surface area contributed by atoms with Crippen LogP contribution < -0.4 is 5.32 Å². The van der Waals surface area contributed by atoms with Crippen molar-refractivity contribution in [3.8, 4) is 0 Å². The maximum absolute atomic E-state index is 3.93. The maximum atomic E-state index is 3.93. The molecular formula is C15H29N. The molecule has 16 heavy (non-hydrogen) atoms. The van der Waals surface area contributed by atoms with E-state index in [-0.39, 0.29) is 0 Å². The highest BCUT2D eigenvalue weighted by Gasteiger charge is 2.23. The van der Waals surface area contributed by atoms with Gasteiger partial charge in [0, 0.05) is 12.1 Å². The van der Waals surface area contributed by atoms with Gasteiger partial charge in [0.05, 0.1) is 0 Å². The van der Waals surface area contributed by atoms with Crippen molar-refractivity contribution < 1.29 is 0 Å². The smallest absolute Gasteiger partial charge is 0.00696 e. The fraction of sp³-hybridized carbons (Fsp3) is 1.00. The van der Waals surface area contributed by atoms with Gasteiger partial charge in [-0.25, -0.2) is 0 Å². The molecule has 0 aliphatic heterocycles. The average molecular weight is 223 g/mol. The monoisotopic (exact) mass is 223 g/mol. The Kier molecular flexibility index (Phi) is 5.15. The van der Waals surface area contributed by atoms with Crippen molar-refractivity contribution in [1.82, 2.24) is 5.32 Å². The van der Waals surface area contributed by atoms with Gasteiger partial charge in [-0.3, -0.25) is 0 Å². The minimum absolute atomic E-state index is 0.770. The molecule has 1 nitrogen and oxygen atoms in total. The lowest BCUT2D eigenvalue weighted by Crippen LogP contribution is -2.40. The van der Waals surface area contributed by atoms with Gasteiger partial charge in [-0.15, -0.1) is 0 Å². The first kappa shape index (κ1) is 12.4. The third-order valence-corrected chi connectivity index (χ3v) is 4.71. The van der Waals surface area contributed by atoms with E-state index in [1.165, 1.54) is 70.6 Å². The van der Waals surface area contributed by atoms with E-state index >= 15 is 0 Å². The van der Waals surface area contributed by atoms with Crippen molar-refractivity contribution in [2.24, 2.45) is 5.92 Å². The minimum Gasteiger partial charge on any atom is -0.311 e. The Morgan fingerprint density at radius 2 is 1.25 bits per heavy atom. The van der Waals surface area contributed by atoms with E-state index in [0.29, 0.717) is 0 Å². The standard InChI is InChI=1S/C15H29N/c1-13(14-9-7-8-10-14)16-15-11-5-3-2-4-6-12-15/h13-16H,2-12H2,1H3/t13-/m0/s1. The van der Waals surface area contributed by atoms with Crippen molar-refractivity contribution in [3.05, 3.63) is 0 Å². The zero-order valence-electron chi connectivity index (χ0n) is 11.0. The van der Waals surface area contributed by atoms with Gasteiger partial charge >= 0.3 is 0 Å². The highest BCUT2D eigenvalue weighted by atomic mass is 14.9. The summed E-state index contributed by atoms with van der Waals surface area (Å²) in [5.41, 5.74) is 0. The third kappa shape index (κ3) is 3.76. The molecule has 0 aromatic rings. The summed E-state index contributed by atoms with van der Waals surface area (Å²) in [6.45, 7) is 2.43. The van der Waals surface area contributed by atoms with E-state index in [1.807, 2.05) is 0 Å². The van der Waals surface area contributed by atoms with Crippen LogP contribution in [0.2, 0.25) is 0 Å². The zero-order valence-corrected chi connectivity index (χ0v) is 11.0. The Morgan fingerprint density at radius 1 is 0.750 bits per heavy atom. The molecule has 0 amide bonds. The molecule has 0 saturated heterocycles. The Hall–Kier alpha value is -0.0400. The normalized spacial score (nSPS) is 27.6. The summed E-state index contributed by atoms with van der Waals surface area (Å²) in [4.78, 5) is 0. The van der Waals surface area contributed by atoms with Crippen LogP contribution in [0.25, 0.3) is 0 Å². The molecule has 0 unspecified atom stereocenters. The highest BCUT2D eigenvalue weighted by Crippen LogP contribution is 2.28. The summed E-state index contributed by atoms with van der Waals surface area (Å²) in [6, 6.07) is 1.60. The molecule has 1 heteroatoms. The van der Waals surface area contributed by atoms with Crippen molar-refractivity contribution in [2.45, 2.75) is 89.6 Å². The van der Waals surface area contributed by atoms with Crippen molar-refractivity contribution in [1.29, 1.82) is 0 Å². The van der Waals surface area contributed by atoms with E-state index in [0.717, 1.165) is 18.0 Å². The van der Waals surface area contributed by atoms with Crippen LogP contribution >= 0.6 is 0 Å². The summed E-state index contributed by atoms with van der Waals surface area (Å²) in [5, 5.41) is 3.93. The lowest BCUT2D eigenvalue weighted by Gasteiger charge is -2.28. The molecule has 0 bridgehead atoms. The SMILES string of the molecule is C[C@H](NC1CCCCCCC1)C1CCCC1. The van der Waals surface area contributed by atoms with Crippen molar-refractivity contribution >= 4 is 0 Å². The Bertz CT molecular complexity index is 176. The van der Waals surface area contributed by atoms with Gasteiger partial charge in [0.1, 0.15) is 0 Å². The van der Waals surface area contributed by atoms with Gasteiger partial charge < -0.3 is 5.32 Å². The van der Waals surface area contributed by atoms with E-state index in [1.54, 1.807) is 0 Å². The largest absolute Gasteiger partial charge is 0.311 e. The summed E-state index contributed by atoms with van der Waals surface area (Å²) in [7, 11) is 0. The van der Waals surface area contributed by atoms with E-state index in [4.69, 9.17) is 0 Å². The van der Waals surface area contributed by atoms with Crippen LogP contribution in [-0.2, 0) is 0 Å². The van der Waals surface area contributed by atoms with Crippen molar-refractivity contribution in [3.63, 3.8) is 0 Å². The van der Waals surface area contributed by atoms with Crippen LogP contribution in [0.5, 0.6) is 0 Å². The van der Waals surface area contributed by atoms with Crippen molar-refractivity contribution in [2.75, 3.05) is 0 Å². The second-order valence-electron chi connectivity index (χ2n) is 6.04. The first-order chi connectivity index (χ1) is 7.86. The number of nitrogens with one attached hydrogen (secondary N) is 1. The summed E-state index contributed by atoms with van der Waals surface area (Å²) >= 11 is 0. The summed E-state index contributed by atoms with van der Waals surface area (Å²) in [6.07, 6.45) is 16.1. The molecule has 1 N–H and O–H groups in total. The second kappa shape index (κ2) is 6.64. The Morgan fingerprint density at radius 3 is 1.88 bits per heavy atom. The van der Waals surface area contributed by atoms with Crippen LogP contribution in [0, 0.1) is 5.92 Å². The first-order valence-electron chi connectivity index (χ1n) is 7.62. The van der Waals surface area contributed by atoms with Gasteiger partial charge in [0.25, 0.3) is 0 Å². The molecule has 2 rings (SSSR count). The molecule has 2 saturated carbocycles. The Balaban J connectivity index is 1.73. The van der Waals surface area contributed by atoms with E-state index < -0.39 is 0 Å². The number of rotatable bonds is 3. The lowest BCUT2D eigenvalue weighted by molar-refractivity contribution is 0.303. The highest BCUT2D eigenvalue weighted by molar-refractivity contribution is 4.81. The lowest BCUT2D eigenvalue weighted by atomic mass is 9.93. The van der Waals surface area contributed by atoms with Crippen LogP contribution in [-0.4, -0.2) is 12.1 Å². The van der Waals surface area contributed by atoms with Crippen LogP contribution in [0.15, 0.2) is 0 Å². The third-order valence-electron chi connectivity index (χ3n) is 4.71. The topological polar surface area (TPSA) is 12.0 Å². The Labute approximate surface area is 101 Å². The molecule has 0 aromatic heterocycles. The molecule has 0 heterocycles. The fourth-order valence-corrected chi connectivity index (χ4v) is 3.59. The van der Waals surface area contributed by atoms with E-state index in [2.05, 4.69) is 12.2 Å². The quantitative estimate of drug-likeness (QED) is 0.753. The predicted molar refractivity (Wildman–Crippen MR) is 70.7 cm³/mol. The van der Waals surface area contributed by atoms with Gasteiger partial charge in [0.2, 0.25) is 0 Å². The molecule has 2 aliphatic carbocycles. The predicted octanol–water partition coefficient (Wildman–Crippen LogP) is 4.27. The average Bonchev–Trinajstić information content (AvgIpc) is 2.74. The van der Waals surface area contributed by atoms with Gasteiger partial charge in [-0.2, -0.15) is 0 Å². The first-order valence-corrected chi connectivity index (χ1v) is 7.62. The summed E-state index contributed by atoms with van der Waals surface area (Å²) < 4.78 is 0. The van der Waals surface area contributed by atoms with E-state index in [9.17, 15) is 0 Å². The number of hydrogen-bond donors (Lipinski definition) is 1. The van der Waals surface area contributed by atoms with Gasteiger partial charge in [-0.05, 0) is 38.5 Å². The number of hydrogen-bond acceptors (Lipinski definition) is 1. The summed E-state index contributed by atoms with van der Waals surface area (Å²) in [5.74, 6) is 0.977. The minimum atomic E-state index is 0.770. The molecule has 1 atom stereocenters. The zero-order chi connectivity index (χ0) is 11.2. The fourth-order valence-electron chi connectivity index (χ4n) is 3.59. The van der Waals surface area contributed by atoms with Crippen LogP contribution in [0.4, 0.5) is 0 Å². The second-order valence-corrected chi connectivity index (χ2v) is 6.04. The molecule has 2 aliphatic rings. The molecule has 0 spiro atoms. The van der Waals surface area contributed by atoms with Gasteiger partial charge in [-0.1, -0.05) is 44.9 Å². The van der Waals surface area contributed by atoms with Crippen LogP contribution in [0.1, 0.15) is 77.6 Å². The molecule has 2 fully saturated rings. The molecule has 0 aromatic carbocycles. The van der Waals surface area contributed by atoms with Gasteiger partial charge in [0.15, 0.2) is 0 Å². The van der Waals surface area contributed by atoms with Crippen LogP contribution in [0.3, 0.4) is 0 Å². The maximum Gasteiger partial charge on any atom is 0.00696 e.